The maximum Gasteiger partial charge on any atom is 0.416 e. The number of carbonyl (C=O) groups is 1. The van der Waals surface area contributed by atoms with E-state index in [9.17, 15) is 22.4 Å². The summed E-state index contributed by atoms with van der Waals surface area (Å²) < 4.78 is 61.2. The van der Waals surface area contributed by atoms with Gasteiger partial charge >= 0.3 is 6.18 Å². The van der Waals surface area contributed by atoms with Crippen LogP contribution in [0.15, 0.2) is 36.4 Å². The highest BCUT2D eigenvalue weighted by atomic mass is 35.5. The molecule has 3 rings (SSSR count). The van der Waals surface area contributed by atoms with Crippen molar-refractivity contribution in [2.75, 3.05) is 18.1 Å². The van der Waals surface area contributed by atoms with E-state index in [1.807, 2.05) is 18.7 Å². The molecule has 0 radical (unpaired) electrons. The molecular weight excluding hydrogens is 468 g/mol. The topological polar surface area (TPSA) is 41.6 Å². The molecule has 1 aliphatic rings. The van der Waals surface area contributed by atoms with E-state index in [0.717, 1.165) is 31.0 Å². The summed E-state index contributed by atoms with van der Waals surface area (Å²) in [5.41, 5.74) is -0.217. The van der Waals surface area contributed by atoms with Gasteiger partial charge < -0.3 is 9.64 Å². The lowest BCUT2D eigenvalue weighted by atomic mass is 10.1. The summed E-state index contributed by atoms with van der Waals surface area (Å²) in [6, 6.07) is 7.20. The SMILES string of the molecule is CC(C)SNC(=O)c1cc(Cl)c(OCC2CCCN2c2ccc(C(F)(F)F)cc2)cc1F. The van der Waals surface area contributed by atoms with E-state index < -0.39 is 23.5 Å². The number of carbonyl (C=O) groups excluding carboxylic acids is 1. The molecule has 1 aliphatic heterocycles. The molecule has 0 aliphatic carbocycles. The van der Waals surface area contributed by atoms with E-state index in [1.165, 1.54) is 30.1 Å². The number of amides is 1. The molecule has 1 N–H and O–H groups in total. The number of alkyl halides is 3. The number of rotatable bonds is 7. The number of ether oxygens (including phenoxy) is 1. The Balaban J connectivity index is 1.66. The molecule has 10 heteroatoms. The van der Waals surface area contributed by atoms with Gasteiger partial charge in [0, 0.05) is 23.5 Å². The van der Waals surface area contributed by atoms with Crippen LogP contribution < -0.4 is 14.4 Å². The van der Waals surface area contributed by atoms with Crippen molar-refractivity contribution in [1.29, 1.82) is 0 Å². The van der Waals surface area contributed by atoms with Crippen LogP contribution >= 0.6 is 23.5 Å². The third-order valence-electron chi connectivity index (χ3n) is 4.99. The van der Waals surface area contributed by atoms with Crippen LogP contribution in [0.2, 0.25) is 5.02 Å². The largest absolute Gasteiger partial charge is 0.490 e. The minimum absolute atomic E-state index is 0.101. The first kappa shape index (κ1) is 24.5. The Hall–Kier alpha value is -2.13. The second kappa shape index (κ2) is 10.2. The lowest BCUT2D eigenvalue weighted by molar-refractivity contribution is -0.137. The van der Waals surface area contributed by atoms with Crippen molar-refractivity contribution < 1.29 is 27.1 Å². The Labute approximate surface area is 193 Å². The third kappa shape index (κ3) is 6.01. The number of hydrogen-bond acceptors (Lipinski definition) is 4. The molecule has 4 nitrogen and oxygen atoms in total. The summed E-state index contributed by atoms with van der Waals surface area (Å²) in [7, 11) is 0. The van der Waals surface area contributed by atoms with Crippen LogP contribution in [0.5, 0.6) is 5.75 Å². The van der Waals surface area contributed by atoms with Crippen molar-refractivity contribution in [2.45, 2.75) is 44.2 Å². The van der Waals surface area contributed by atoms with Crippen LogP contribution in [-0.2, 0) is 6.18 Å². The second-order valence-corrected chi connectivity index (χ2v) is 9.50. The van der Waals surface area contributed by atoms with Gasteiger partial charge in [-0.1, -0.05) is 25.4 Å². The molecule has 0 saturated carbocycles. The van der Waals surface area contributed by atoms with Crippen LogP contribution in [0.25, 0.3) is 0 Å². The third-order valence-corrected chi connectivity index (χ3v) is 6.06. The maximum absolute atomic E-state index is 14.5. The number of halogens is 5. The fourth-order valence-corrected chi connectivity index (χ4v) is 4.09. The van der Waals surface area contributed by atoms with E-state index in [0.29, 0.717) is 12.2 Å². The second-order valence-electron chi connectivity index (χ2n) is 7.71. The van der Waals surface area contributed by atoms with Gasteiger partial charge in [0.1, 0.15) is 18.2 Å². The van der Waals surface area contributed by atoms with Crippen molar-refractivity contribution in [3.05, 3.63) is 58.4 Å². The number of nitrogens with one attached hydrogen (secondary N) is 1. The molecule has 1 amide bonds. The predicted molar refractivity (Wildman–Crippen MR) is 119 cm³/mol. The van der Waals surface area contributed by atoms with Crippen LogP contribution in [-0.4, -0.2) is 30.4 Å². The summed E-state index contributed by atoms with van der Waals surface area (Å²) in [6.07, 6.45) is -2.76. The summed E-state index contributed by atoms with van der Waals surface area (Å²) in [5.74, 6) is -1.23. The molecule has 0 aromatic heterocycles. The van der Waals surface area contributed by atoms with Crippen LogP contribution in [0.4, 0.5) is 23.2 Å². The van der Waals surface area contributed by atoms with Gasteiger partial charge in [0.25, 0.3) is 5.91 Å². The minimum Gasteiger partial charge on any atom is -0.490 e. The van der Waals surface area contributed by atoms with Gasteiger partial charge in [-0.25, -0.2) is 4.39 Å². The Kier molecular flexibility index (Phi) is 7.82. The van der Waals surface area contributed by atoms with Crippen molar-refractivity contribution >= 4 is 35.1 Å². The Bertz CT molecular complexity index is 954. The Morgan fingerprint density at radius 3 is 2.59 bits per heavy atom. The number of hydrogen-bond donors (Lipinski definition) is 1. The fraction of sp³-hybridized carbons (Fsp3) is 0.409. The quantitative estimate of drug-likeness (QED) is 0.363. The normalized spacial score (nSPS) is 16.5. The zero-order valence-electron chi connectivity index (χ0n) is 17.5. The highest BCUT2D eigenvalue weighted by Gasteiger charge is 2.31. The van der Waals surface area contributed by atoms with Crippen LogP contribution in [0, 0.1) is 5.82 Å². The number of benzene rings is 2. The molecule has 1 unspecified atom stereocenters. The first-order valence-electron chi connectivity index (χ1n) is 10.1. The van der Waals surface area contributed by atoms with Gasteiger partial charge in [0.2, 0.25) is 0 Å². The van der Waals surface area contributed by atoms with Gasteiger partial charge in [-0.2, -0.15) is 13.2 Å². The standard InChI is InChI=1S/C22H23ClF4N2O2S/c1-13(2)32-28-21(30)17-10-18(23)20(11-19(17)24)31-12-16-4-3-9-29(16)15-7-5-14(6-8-15)22(25,26)27/h5-8,10-11,13,16H,3-4,9,12H2,1-2H3,(H,28,30). The molecule has 1 fully saturated rings. The van der Waals surface area contributed by atoms with E-state index >= 15 is 0 Å². The molecule has 32 heavy (non-hydrogen) atoms. The van der Waals surface area contributed by atoms with E-state index in [4.69, 9.17) is 16.3 Å². The average Bonchev–Trinajstić information content (AvgIpc) is 3.20. The average molecular weight is 491 g/mol. The lowest BCUT2D eigenvalue weighted by Crippen LogP contribution is -2.34. The highest BCUT2D eigenvalue weighted by Crippen LogP contribution is 2.33. The van der Waals surface area contributed by atoms with Crippen molar-refractivity contribution in [2.24, 2.45) is 0 Å². The van der Waals surface area contributed by atoms with Gasteiger partial charge in [-0.15, -0.1) is 0 Å². The Morgan fingerprint density at radius 1 is 1.28 bits per heavy atom. The van der Waals surface area contributed by atoms with Crippen molar-refractivity contribution in [3.8, 4) is 5.75 Å². The fourth-order valence-electron chi connectivity index (χ4n) is 3.42. The minimum atomic E-state index is -4.39. The molecule has 2 aromatic carbocycles. The number of nitrogens with zero attached hydrogens (tertiary/aromatic N) is 1. The summed E-state index contributed by atoms with van der Waals surface area (Å²) in [6.45, 7) is 4.63. The maximum atomic E-state index is 14.5. The molecule has 0 spiro atoms. The molecule has 0 bridgehead atoms. The summed E-state index contributed by atoms with van der Waals surface area (Å²) in [5, 5.41) is 0.240. The lowest BCUT2D eigenvalue weighted by Gasteiger charge is -2.27. The molecule has 1 saturated heterocycles. The first-order valence-corrected chi connectivity index (χ1v) is 11.3. The molecule has 2 aromatic rings. The highest BCUT2D eigenvalue weighted by molar-refractivity contribution is 7.98. The van der Waals surface area contributed by atoms with Gasteiger partial charge in [0.15, 0.2) is 0 Å². The monoisotopic (exact) mass is 490 g/mol. The molecule has 174 valence electrons. The van der Waals surface area contributed by atoms with Crippen molar-refractivity contribution in [3.63, 3.8) is 0 Å². The molecule has 1 heterocycles. The van der Waals surface area contributed by atoms with E-state index in [2.05, 4.69) is 4.72 Å². The van der Waals surface area contributed by atoms with Gasteiger partial charge in [-0.3, -0.25) is 9.52 Å². The summed E-state index contributed by atoms with van der Waals surface area (Å²) >= 11 is 7.38. The van der Waals surface area contributed by atoms with E-state index in [1.54, 1.807) is 0 Å². The molecular formula is C22H23ClF4N2O2S. The van der Waals surface area contributed by atoms with E-state index in [-0.39, 0.29) is 34.2 Å². The first-order chi connectivity index (χ1) is 15.1. The Morgan fingerprint density at radius 2 is 1.97 bits per heavy atom. The number of anilines is 1. The van der Waals surface area contributed by atoms with Crippen LogP contribution in [0.1, 0.15) is 42.6 Å². The predicted octanol–water partition coefficient (Wildman–Crippen LogP) is 6.33. The van der Waals surface area contributed by atoms with Crippen molar-refractivity contribution in [1.82, 2.24) is 4.72 Å². The zero-order valence-corrected chi connectivity index (χ0v) is 19.1. The smallest absolute Gasteiger partial charge is 0.416 e. The summed E-state index contributed by atoms with van der Waals surface area (Å²) in [4.78, 5) is 14.1. The molecule has 1 atom stereocenters. The van der Waals surface area contributed by atoms with Crippen LogP contribution in [0.3, 0.4) is 0 Å². The zero-order chi connectivity index (χ0) is 23.5. The van der Waals surface area contributed by atoms with Gasteiger partial charge in [0.05, 0.1) is 22.2 Å². The van der Waals surface area contributed by atoms with Gasteiger partial charge in [-0.05, 0) is 55.1 Å².